The molecule has 1 rings (SSSR count). The van der Waals surface area contributed by atoms with Crippen LogP contribution in [-0.4, -0.2) is 53.3 Å². The van der Waals surface area contributed by atoms with Crippen LogP contribution in [0.1, 0.15) is 25.8 Å². The number of aliphatic hydroxyl groups excluding tert-OH is 1. The Morgan fingerprint density at radius 2 is 1.59 bits per heavy atom. The maximum Gasteiger partial charge on any atom is 0.247 e. The normalized spacial score (nSPS) is 13.3. The van der Waals surface area contributed by atoms with Crippen molar-refractivity contribution in [1.82, 2.24) is 16.0 Å². The molecular weight excluding hydrogens is 382 g/mol. The first-order valence-corrected chi connectivity index (χ1v) is 8.77. The molecule has 0 radical (unpaired) electrons. The Labute approximate surface area is 167 Å². The fourth-order valence-corrected chi connectivity index (χ4v) is 2.21. The predicted molar refractivity (Wildman–Crippen MR) is 103 cm³/mol. The molecule has 5 amide bonds. The SMILES string of the molecule is CC(NC=O)C(=O)NC(C)C(=O)NC(CC(N)=O)C(=O)Nc1ccc(CO)cc1. The summed E-state index contributed by atoms with van der Waals surface area (Å²) in [6.45, 7) is 2.66. The summed E-state index contributed by atoms with van der Waals surface area (Å²) in [7, 11) is 0. The van der Waals surface area contributed by atoms with Crippen LogP contribution < -0.4 is 27.0 Å². The van der Waals surface area contributed by atoms with Crippen LogP contribution in [0.25, 0.3) is 0 Å². The van der Waals surface area contributed by atoms with E-state index in [2.05, 4.69) is 21.3 Å². The number of carbonyl (C=O) groups is 5. The number of carbonyl (C=O) groups excluding carboxylic acids is 5. The van der Waals surface area contributed by atoms with Gasteiger partial charge in [0.05, 0.1) is 13.0 Å². The van der Waals surface area contributed by atoms with E-state index >= 15 is 0 Å². The van der Waals surface area contributed by atoms with Crippen LogP contribution in [0.5, 0.6) is 0 Å². The monoisotopic (exact) mass is 407 g/mol. The summed E-state index contributed by atoms with van der Waals surface area (Å²) in [5, 5.41) is 18.6. The molecule has 29 heavy (non-hydrogen) atoms. The van der Waals surface area contributed by atoms with Gasteiger partial charge in [0.25, 0.3) is 0 Å². The van der Waals surface area contributed by atoms with Crippen molar-refractivity contribution in [3.05, 3.63) is 29.8 Å². The molecule has 0 bridgehead atoms. The molecule has 0 heterocycles. The molecule has 0 saturated heterocycles. The van der Waals surface area contributed by atoms with Crippen molar-refractivity contribution in [2.75, 3.05) is 5.32 Å². The third kappa shape index (κ3) is 7.97. The van der Waals surface area contributed by atoms with Crippen LogP contribution in [0.2, 0.25) is 0 Å². The summed E-state index contributed by atoms with van der Waals surface area (Å²) < 4.78 is 0. The van der Waals surface area contributed by atoms with E-state index in [-0.39, 0.29) is 6.61 Å². The molecule has 0 fully saturated rings. The Bertz CT molecular complexity index is 752. The second-order valence-electron chi connectivity index (χ2n) is 6.31. The molecule has 1 aromatic carbocycles. The van der Waals surface area contributed by atoms with Gasteiger partial charge in [-0.1, -0.05) is 12.1 Å². The second-order valence-corrected chi connectivity index (χ2v) is 6.31. The van der Waals surface area contributed by atoms with E-state index in [0.717, 1.165) is 0 Å². The molecule has 11 heteroatoms. The lowest BCUT2D eigenvalue weighted by Crippen LogP contribution is -2.54. The van der Waals surface area contributed by atoms with E-state index in [0.29, 0.717) is 17.7 Å². The van der Waals surface area contributed by atoms with Crippen LogP contribution in [-0.2, 0) is 30.6 Å². The number of amides is 5. The number of rotatable bonds is 11. The third-order valence-corrected chi connectivity index (χ3v) is 3.91. The molecule has 0 saturated carbocycles. The van der Waals surface area contributed by atoms with Crippen molar-refractivity contribution < 1.29 is 29.1 Å². The van der Waals surface area contributed by atoms with Crippen LogP contribution in [0, 0.1) is 0 Å². The van der Waals surface area contributed by atoms with Crippen LogP contribution >= 0.6 is 0 Å². The first-order valence-electron chi connectivity index (χ1n) is 8.77. The molecule has 7 N–H and O–H groups in total. The fourth-order valence-electron chi connectivity index (χ4n) is 2.21. The largest absolute Gasteiger partial charge is 0.392 e. The molecule has 0 aliphatic heterocycles. The number of hydrogen-bond donors (Lipinski definition) is 6. The van der Waals surface area contributed by atoms with Crippen LogP contribution in [0.15, 0.2) is 24.3 Å². The number of nitrogens with one attached hydrogen (secondary N) is 4. The van der Waals surface area contributed by atoms with Gasteiger partial charge in [-0.3, -0.25) is 24.0 Å². The summed E-state index contributed by atoms with van der Waals surface area (Å²) in [4.78, 5) is 58.3. The van der Waals surface area contributed by atoms with Crippen molar-refractivity contribution in [3.63, 3.8) is 0 Å². The molecule has 0 aliphatic rings. The summed E-state index contributed by atoms with van der Waals surface area (Å²) in [5.41, 5.74) is 6.20. The van der Waals surface area contributed by atoms with Gasteiger partial charge in [-0.2, -0.15) is 0 Å². The van der Waals surface area contributed by atoms with Gasteiger partial charge < -0.3 is 32.1 Å². The summed E-state index contributed by atoms with van der Waals surface area (Å²) >= 11 is 0. The molecule has 1 aromatic rings. The fraction of sp³-hybridized carbons (Fsp3) is 0.389. The van der Waals surface area contributed by atoms with Gasteiger partial charge in [0.15, 0.2) is 0 Å². The molecular formula is C18H25N5O6. The third-order valence-electron chi connectivity index (χ3n) is 3.91. The van der Waals surface area contributed by atoms with Crippen LogP contribution in [0.4, 0.5) is 5.69 Å². The molecule has 11 nitrogen and oxygen atoms in total. The maximum absolute atomic E-state index is 12.5. The lowest BCUT2D eigenvalue weighted by molar-refractivity contribution is -0.132. The van der Waals surface area contributed by atoms with Gasteiger partial charge in [-0.05, 0) is 31.5 Å². The van der Waals surface area contributed by atoms with Gasteiger partial charge in [-0.25, -0.2) is 0 Å². The lowest BCUT2D eigenvalue weighted by atomic mass is 10.1. The van der Waals surface area contributed by atoms with Crippen molar-refractivity contribution in [2.45, 2.75) is 45.0 Å². The van der Waals surface area contributed by atoms with Gasteiger partial charge in [0.2, 0.25) is 30.0 Å². The number of aliphatic hydroxyl groups is 1. The maximum atomic E-state index is 12.5. The number of nitrogens with two attached hydrogens (primary N) is 1. The number of anilines is 1. The highest BCUT2D eigenvalue weighted by molar-refractivity contribution is 6.00. The smallest absolute Gasteiger partial charge is 0.247 e. The molecule has 3 unspecified atom stereocenters. The van der Waals surface area contributed by atoms with Crippen molar-refractivity contribution in [1.29, 1.82) is 0 Å². The molecule has 158 valence electrons. The number of primary amides is 1. The molecule has 3 atom stereocenters. The lowest BCUT2D eigenvalue weighted by Gasteiger charge is -2.21. The highest BCUT2D eigenvalue weighted by Crippen LogP contribution is 2.10. The molecule has 0 spiro atoms. The standard InChI is InChI=1S/C18H25N5O6/c1-10(20-9-25)16(27)21-11(2)17(28)23-14(7-15(19)26)18(29)22-13-5-3-12(8-24)4-6-13/h3-6,9-11,14,24H,7-8H2,1-2H3,(H2,19,26)(H,20,25)(H,21,27)(H,22,29)(H,23,28). The first-order chi connectivity index (χ1) is 13.7. The van der Waals surface area contributed by atoms with E-state index in [1.165, 1.54) is 13.8 Å². The zero-order chi connectivity index (χ0) is 22.0. The second kappa shape index (κ2) is 11.4. The quantitative estimate of drug-likeness (QED) is 0.233. The molecule has 0 aliphatic carbocycles. The minimum absolute atomic E-state index is 0.154. The predicted octanol–water partition coefficient (Wildman–Crippen LogP) is -1.88. The Balaban J connectivity index is 2.76. The Hall–Kier alpha value is -3.47. The van der Waals surface area contributed by atoms with Crippen LogP contribution in [0.3, 0.4) is 0 Å². The van der Waals surface area contributed by atoms with E-state index in [9.17, 15) is 24.0 Å². The zero-order valence-corrected chi connectivity index (χ0v) is 16.1. The number of hydrogen-bond acceptors (Lipinski definition) is 6. The van der Waals surface area contributed by atoms with E-state index < -0.39 is 48.2 Å². The van der Waals surface area contributed by atoms with Crippen molar-refractivity contribution in [3.8, 4) is 0 Å². The average molecular weight is 407 g/mol. The first kappa shape index (κ1) is 23.6. The Kier molecular flexibility index (Phi) is 9.26. The summed E-state index contributed by atoms with van der Waals surface area (Å²) in [6, 6.07) is 3.16. The topological polar surface area (TPSA) is 180 Å². The van der Waals surface area contributed by atoms with E-state index in [4.69, 9.17) is 10.8 Å². The van der Waals surface area contributed by atoms with Gasteiger partial charge >= 0.3 is 0 Å². The Morgan fingerprint density at radius 1 is 1.00 bits per heavy atom. The molecule has 0 aromatic heterocycles. The van der Waals surface area contributed by atoms with Gasteiger partial charge in [-0.15, -0.1) is 0 Å². The van der Waals surface area contributed by atoms with Crippen molar-refractivity contribution in [2.24, 2.45) is 5.73 Å². The van der Waals surface area contributed by atoms with Gasteiger partial charge in [0, 0.05) is 5.69 Å². The average Bonchev–Trinajstić information content (AvgIpc) is 2.67. The van der Waals surface area contributed by atoms with Crippen molar-refractivity contribution >= 4 is 35.7 Å². The van der Waals surface area contributed by atoms with Gasteiger partial charge in [0.1, 0.15) is 18.1 Å². The summed E-state index contributed by atoms with van der Waals surface area (Å²) in [5.74, 6) is -2.79. The summed E-state index contributed by atoms with van der Waals surface area (Å²) in [6.07, 6.45) is -0.0919. The van der Waals surface area contributed by atoms with E-state index in [1.54, 1.807) is 24.3 Å². The highest BCUT2D eigenvalue weighted by atomic mass is 16.3. The highest BCUT2D eigenvalue weighted by Gasteiger charge is 2.26. The minimum Gasteiger partial charge on any atom is -0.392 e. The Morgan fingerprint density at radius 3 is 2.10 bits per heavy atom. The minimum atomic E-state index is -1.26. The number of benzene rings is 1. The zero-order valence-electron chi connectivity index (χ0n) is 16.1. The van der Waals surface area contributed by atoms with E-state index in [1.807, 2.05) is 0 Å².